The number of rotatable bonds is 4. The lowest BCUT2D eigenvalue weighted by Gasteiger charge is -2.43. The van der Waals surface area contributed by atoms with Gasteiger partial charge >= 0.3 is 0 Å². The van der Waals surface area contributed by atoms with Crippen LogP contribution < -0.4 is 0 Å². The molecule has 0 amide bonds. The molecule has 0 radical (unpaired) electrons. The van der Waals surface area contributed by atoms with Gasteiger partial charge in [-0.05, 0) is 6.42 Å². The number of hydrogen-bond acceptors (Lipinski definition) is 4. The minimum Gasteiger partial charge on any atom is -0.349 e. The lowest BCUT2D eigenvalue weighted by atomic mass is 9.90. The molecule has 2 fully saturated rings. The van der Waals surface area contributed by atoms with E-state index < -0.39 is 0 Å². The molecule has 138 valence electrons. The van der Waals surface area contributed by atoms with E-state index in [9.17, 15) is 0 Å². The molecule has 0 N–H and O–H groups in total. The van der Waals surface area contributed by atoms with Crippen molar-refractivity contribution in [3.8, 4) is 0 Å². The second-order valence-electron chi connectivity index (χ2n) is 7.81. The van der Waals surface area contributed by atoms with Crippen molar-refractivity contribution >= 4 is 0 Å². The first-order chi connectivity index (χ1) is 10.7. The first-order valence-corrected chi connectivity index (χ1v) is 9.24. The largest absolute Gasteiger partial charge is 0.349 e. The van der Waals surface area contributed by atoms with Crippen LogP contribution in [0.2, 0.25) is 0 Å². The second kappa shape index (κ2) is 8.80. The Balaban J connectivity index is 0.000000231. The van der Waals surface area contributed by atoms with Crippen molar-refractivity contribution in [2.45, 2.75) is 73.4 Å². The Morgan fingerprint density at radius 3 is 0.957 bits per heavy atom. The van der Waals surface area contributed by atoms with Crippen LogP contribution in [0.5, 0.6) is 0 Å². The van der Waals surface area contributed by atoms with Crippen LogP contribution in [0, 0.1) is 23.7 Å². The average Bonchev–Trinajstić information content (AvgIpc) is 2.99. The van der Waals surface area contributed by atoms with Crippen molar-refractivity contribution in [2.24, 2.45) is 23.7 Å². The van der Waals surface area contributed by atoms with E-state index in [4.69, 9.17) is 18.9 Å². The molecule has 2 rings (SSSR count). The summed E-state index contributed by atoms with van der Waals surface area (Å²) >= 11 is 0. The van der Waals surface area contributed by atoms with E-state index in [1.54, 1.807) is 0 Å². The molecule has 23 heavy (non-hydrogen) atoms. The van der Waals surface area contributed by atoms with E-state index in [2.05, 4.69) is 55.4 Å². The minimum absolute atomic E-state index is 0.306. The Labute approximate surface area is 143 Å². The molecule has 0 saturated carbocycles. The molecule has 2 aliphatic rings. The summed E-state index contributed by atoms with van der Waals surface area (Å²) in [5.41, 5.74) is 0. The molecule has 0 spiro atoms. The molecule has 0 atom stereocenters. The van der Waals surface area contributed by atoms with Crippen LogP contribution >= 0.6 is 0 Å². The topological polar surface area (TPSA) is 36.9 Å². The highest BCUT2D eigenvalue weighted by Crippen LogP contribution is 2.35. The maximum absolute atomic E-state index is 5.77. The van der Waals surface area contributed by atoms with Gasteiger partial charge in [-0.2, -0.15) is 0 Å². The second-order valence-corrected chi connectivity index (χ2v) is 7.81. The van der Waals surface area contributed by atoms with Crippen molar-refractivity contribution in [3.63, 3.8) is 0 Å². The van der Waals surface area contributed by atoms with Gasteiger partial charge < -0.3 is 18.9 Å². The maximum atomic E-state index is 5.77. The zero-order valence-corrected chi connectivity index (χ0v) is 16.5. The highest BCUT2D eigenvalue weighted by Gasteiger charge is 2.42. The van der Waals surface area contributed by atoms with Crippen molar-refractivity contribution in [1.29, 1.82) is 0 Å². The predicted molar refractivity (Wildman–Crippen MR) is 93.2 cm³/mol. The molecule has 2 aliphatic heterocycles. The molecule has 0 bridgehead atoms. The van der Waals surface area contributed by atoms with Crippen LogP contribution in [0.1, 0.15) is 61.8 Å². The van der Waals surface area contributed by atoms with E-state index in [1.165, 1.54) is 0 Å². The first kappa shape index (κ1) is 20.9. The molecular formula is C19H38O4. The van der Waals surface area contributed by atoms with Crippen molar-refractivity contribution < 1.29 is 18.9 Å². The zero-order valence-electron chi connectivity index (χ0n) is 16.5. The lowest BCUT2D eigenvalue weighted by Crippen LogP contribution is -2.49. The summed E-state index contributed by atoms with van der Waals surface area (Å²) < 4.78 is 22.8. The van der Waals surface area contributed by atoms with Crippen LogP contribution in [0.15, 0.2) is 0 Å². The molecular weight excluding hydrogens is 292 g/mol. The first-order valence-electron chi connectivity index (χ1n) is 9.24. The van der Waals surface area contributed by atoms with Crippen LogP contribution in [0.25, 0.3) is 0 Å². The third-order valence-corrected chi connectivity index (χ3v) is 4.90. The Morgan fingerprint density at radius 2 is 0.739 bits per heavy atom. The van der Waals surface area contributed by atoms with Gasteiger partial charge in [-0.25, -0.2) is 0 Å². The fraction of sp³-hybridized carbons (Fsp3) is 1.00. The summed E-state index contributed by atoms with van der Waals surface area (Å²) in [5.74, 6) is 1.10. The van der Waals surface area contributed by atoms with Gasteiger partial charge in [0.1, 0.15) is 0 Å². The Hall–Kier alpha value is -0.160. The standard InChI is InChI=1S/C10H20O2.C9H18O2/c1-8(2)10(9(3)4)11-6-5-7-12-10;1-7(2)9(8(3)4)10-5-6-11-9/h8-9H,5-7H2,1-4H3;7-8H,5-6H2,1-4H3. The van der Waals surface area contributed by atoms with Gasteiger partial charge in [0.15, 0.2) is 11.6 Å². The van der Waals surface area contributed by atoms with Crippen LogP contribution in [0.4, 0.5) is 0 Å². The number of ether oxygens (including phenoxy) is 4. The quantitative estimate of drug-likeness (QED) is 0.762. The molecule has 0 aromatic rings. The van der Waals surface area contributed by atoms with Crippen molar-refractivity contribution in [3.05, 3.63) is 0 Å². The summed E-state index contributed by atoms with van der Waals surface area (Å²) in [5, 5.41) is 0. The molecule has 0 aromatic carbocycles. The summed E-state index contributed by atoms with van der Waals surface area (Å²) in [4.78, 5) is 0. The van der Waals surface area contributed by atoms with Gasteiger partial charge in [0.25, 0.3) is 0 Å². The van der Waals surface area contributed by atoms with Gasteiger partial charge in [-0.15, -0.1) is 0 Å². The van der Waals surface area contributed by atoms with Gasteiger partial charge in [0, 0.05) is 23.7 Å². The summed E-state index contributed by atoms with van der Waals surface area (Å²) in [6.45, 7) is 20.4. The zero-order chi connectivity index (χ0) is 17.7. The monoisotopic (exact) mass is 330 g/mol. The molecule has 2 heterocycles. The van der Waals surface area contributed by atoms with E-state index in [-0.39, 0.29) is 11.6 Å². The Bertz CT molecular complexity index is 304. The normalized spacial score (nSPS) is 23.5. The molecule has 2 saturated heterocycles. The minimum atomic E-state index is -0.321. The Kier molecular flexibility index (Phi) is 7.99. The lowest BCUT2D eigenvalue weighted by molar-refractivity contribution is -0.310. The average molecular weight is 331 g/mol. The predicted octanol–water partition coefficient (Wildman–Crippen LogP) is 4.47. The Morgan fingerprint density at radius 1 is 0.478 bits per heavy atom. The van der Waals surface area contributed by atoms with Crippen LogP contribution in [-0.4, -0.2) is 38.0 Å². The third-order valence-electron chi connectivity index (χ3n) is 4.90. The van der Waals surface area contributed by atoms with Crippen molar-refractivity contribution in [2.75, 3.05) is 26.4 Å². The molecule has 4 heteroatoms. The molecule has 0 aliphatic carbocycles. The number of hydrogen-bond donors (Lipinski definition) is 0. The van der Waals surface area contributed by atoms with Crippen molar-refractivity contribution in [1.82, 2.24) is 0 Å². The highest BCUT2D eigenvalue weighted by molar-refractivity contribution is 4.81. The van der Waals surface area contributed by atoms with Crippen LogP contribution in [-0.2, 0) is 18.9 Å². The third kappa shape index (κ3) is 4.68. The van der Waals surface area contributed by atoms with Gasteiger partial charge in [0.05, 0.1) is 26.4 Å². The van der Waals surface area contributed by atoms with E-state index >= 15 is 0 Å². The molecule has 0 unspecified atom stereocenters. The fourth-order valence-electron chi connectivity index (χ4n) is 3.67. The van der Waals surface area contributed by atoms with Gasteiger partial charge in [0.2, 0.25) is 0 Å². The fourth-order valence-corrected chi connectivity index (χ4v) is 3.67. The SMILES string of the molecule is CC(C)C1(C(C)C)OCCCO1.CC(C)C1(C(C)C)OCCO1. The van der Waals surface area contributed by atoms with E-state index in [0.29, 0.717) is 23.7 Å². The van der Waals surface area contributed by atoms with Crippen LogP contribution in [0.3, 0.4) is 0 Å². The smallest absolute Gasteiger partial charge is 0.172 e. The maximum Gasteiger partial charge on any atom is 0.172 e. The summed E-state index contributed by atoms with van der Waals surface area (Å²) in [6, 6.07) is 0. The molecule has 0 aromatic heterocycles. The van der Waals surface area contributed by atoms with Gasteiger partial charge in [-0.1, -0.05) is 55.4 Å². The van der Waals surface area contributed by atoms with Gasteiger partial charge in [-0.3, -0.25) is 0 Å². The highest BCUT2D eigenvalue weighted by atomic mass is 16.7. The summed E-state index contributed by atoms with van der Waals surface area (Å²) in [7, 11) is 0. The van der Waals surface area contributed by atoms with E-state index in [1.807, 2.05) is 0 Å². The molecule has 4 nitrogen and oxygen atoms in total. The van der Waals surface area contributed by atoms with E-state index in [0.717, 1.165) is 32.8 Å². The summed E-state index contributed by atoms with van der Waals surface area (Å²) in [6.07, 6.45) is 1.03.